The van der Waals surface area contributed by atoms with Crippen molar-refractivity contribution in [3.8, 4) is 0 Å². The number of nitrogens with zero attached hydrogens (tertiary/aromatic N) is 5. The van der Waals surface area contributed by atoms with Crippen LogP contribution in [0.3, 0.4) is 0 Å². The van der Waals surface area contributed by atoms with E-state index in [1.54, 1.807) is 10.6 Å². The Morgan fingerprint density at radius 1 is 1.20 bits per heavy atom. The second-order valence-corrected chi connectivity index (χ2v) is 7.52. The van der Waals surface area contributed by atoms with E-state index in [1.807, 2.05) is 4.57 Å². The smallest absolute Gasteiger partial charge is 0.282 e. The van der Waals surface area contributed by atoms with Crippen molar-refractivity contribution in [3.63, 3.8) is 0 Å². The predicted molar refractivity (Wildman–Crippen MR) is 74.4 cm³/mol. The van der Waals surface area contributed by atoms with Gasteiger partial charge in [0.25, 0.3) is 10.2 Å². The van der Waals surface area contributed by atoms with Gasteiger partial charge in [-0.1, -0.05) is 0 Å². The maximum absolute atomic E-state index is 12.6. The fraction of sp³-hybridized carbons (Fsp3) is 0.818. The molecule has 1 aromatic rings. The topological polar surface area (TPSA) is 71.3 Å². The molecule has 0 atom stereocenters. The third-order valence-corrected chi connectivity index (χ3v) is 6.47. The van der Waals surface area contributed by atoms with E-state index in [9.17, 15) is 8.42 Å². The maximum atomic E-state index is 12.6. The van der Waals surface area contributed by atoms with Gasteiger partial charge in [-0.3, -0.25) is 0 Å². The summed E-state index contributed by atoms with van der Waals surface area (Å²) in [4.78, 5) is 0. The van der Waals surface area contributed by atoms with E-state index in [2.05, 4.69) is 10.2 Å². The Morgan fingerprint density at radius 2 is 1.95 bits per heavy atom. The fourth-order valence-electron chi connectivity index (χ4n) is 2.70. The molecule has 0 radical (unpaired) electrons. The molecule has 2 aliphatic heterocycles. The number of hydrogen-bond acceptors (Lipinski definition) is 4. The molecule has 3 heterocycles. The lowest BCUT2D eigenvalue weighted by Crippen LogP contribution is -2.49. The van der Waals surface area contributed by atoms with Crippen molar-refractivity contribution in [2.75, 3.05) is 25.5 Å². The van der Waals surface area contributed by atoms with Gasteiger partial charge in [-0.25, -0.2) is 0 Å². The van der Waals surface area contributed by atoms with Gasteiger partial charge < -0.3 is 4.57 Å². The molecule has 112 valence electrons. The van der Waals surface area contributed by atoms with Crippen LogP contribution in [0.15, 0.2) is 6.33 Å². The minimum Gasteiger partial charge on any atom is -0.315 e. The summed E-state index contributed by atoms with van der Waals surface area (Å²) in [6, 6.07) is 0. The van der Waals surface area contributed by atoms with Crippen LogP contribution in [0.25, 0.3) is 0 Å². The summed E-state index contributed by atoms with van der Waals surface area (Å²) in [5.74, 6) is 1.75. The zero-order chi connectivity index (χ0) is 14.2. The normalized spacial score (nSPS) is 22.9. The highest BCUT2D eigenvalue weighted by Crippen LogP contribution is 2.24. The number of alkyl halides is 1. The lowest BCUT2D eigenvalue weighted by atomic mass is 10.0. The Labute approximate surface area is 123 Å². The number of rotatable bonds is 3. The fourth-order valence-corrected chi connectivity index (χ4v) is 4.60. The Bertz CT molecular complexity index is 567. The van der Waals surface area contributed by atoms with Crippen LogP contribution in [0, 0.1) is 5.92 Å². The summed E-state index contributed by atoms with van der Waals surface area (Å²) in [5.41, 5.74) is 0. The first-order valence-electron chi connectivity index (χ1n) is 6.79. The number of fused-ring (bicyclic) bond motifs is 1. The largest absolute Gasteiger partial charge is 0.315 e. The van der Waals surface area contributed by atoms with E-state index >= 15 is 0 Å². The molecule has 3 rings (SSSR count). The van der Waals surface area contributed by atoms with Gasteiger partial charge >= 0.3 is 0 Å². The van der Waals surface area contributed by atoms with Crippen molar-refractivity contribution in [1.82, 2.24) is 23.4 Å². The van der Waals surface area contributed by atoms with Crippen LogP contribution >= 0.6 is 11.6 Å². The van der Waals surface area contributed by atoms with Gasteiger partial charge in [-0.05, 0) is 18.8 Å². The lowest BCUT2D eigenvalue weighted by Gasteiger charge is -2.35. The van der Waals surface area contributed by atoms with Crippen LogP contribution in [0.4, 0.5) is 0 Å². The highest BCUT2D eigenvalue weighted by Gasteiger charge is 2.35. The van der Waals surface area contributed by atoms with Crippen molar-refractivity contribution in [2.45, 2.75) is 25.9 Å². The molecule has 0 amide bonds. The number of halogens is 1. The monoisotopic (exact) mass is 319 g/mol. The van der Waals surface area contributed by atoms with Crippen LogP contribution in [0.1, 0.15) is 18.7 Å². The van der Waals surface area contributed by atoms with E-state index in [-0.39, 0.29) is 0 Å². The Morgan fingerprint density at radius 3 is 2.65 bits per heavy atom. The van der Waals surface area contributed by atoms with Crippen LogP contribution in [-0.4, -0.2) is 57.3 Å². The van der Waals surface area contributed by atoms with Gasteiger partial charge in [-0.15, -0.1) is 21.8 Å². The first-order chi connectivity index (χ1) is 9.61. The third-order valence-electron chi connectivity index (χ3n) is 4.05. The molecule has 20 heavy (non-hydrogen) atoms. The second-order valence-electron chi connectivity index (χ2n) is 5.28. The van der Waals surface area contributed by atoms with Crippen LogP contribution in [-0.2, 0) is 23.3 Å². The number of piperidine rings is 1. The molecule has 0 unspecified atom stereocenters. The predicted octanol–water partition coefficient (Wildman–Crippen LogP) is 0.289. The molecule has 0 bridgehead atoms. The molecular weight excluding hydrogens is 302 g/mol. The number of aromatic nitrogens is 3. The minimum atomic E-state index is -3.39. The molecule has 1 aromatic heterocycles. The van der Waals surface area contributed by atoms with Gasteiger partial charge in [-0.2, -0.15) is 17.0 Å². The molecule has 2 aliphatic rings. The number of hydrogen-bond donors (Lipinski definition) is 0. The summed E-state index contributed by atoms with van der Waals surface area (Å²) in [5, 5.41) is 7.78. The minimum absolute atomic E-state index is 0.303. The Hall–Kier alpha value is -0.700. The highest BCUT2D eigenvalue weighted by molar-refractivity contribution is 7.86. The molecule has 0 aliphatic carbocycles. The molecule has 0 spiro atoms. The summed E-state index contributed by atoms with van der Waals surface area (Å²) in [7, 11) is -3.39. The van der Waals surface area contributed by atoms with E-state index < -0.39 is 10.2 Å². The lowest BCUT2D eigenvalue weighted by molar-refractivity contribution is 0.251. The van der Waals surface area contributed by atoms with Crippen molar-refractivity contribution in [2.24, 2.45) is 5.92 Å². The maximum Gasteiger partial charge on any atom is 0.282 e. The zero-order valence-electron chi connectivity index (χ0n) is 11.2. The molecule has 7 nitrogen and oxygen atoms in total. The average Bonchev–Trinajstić information content (AvgIpc) is 2.94. The highest BCUT2D eigenvalue weighted by atomic mass is 35.5. The standard InChI is InChI=1S/C11H18ClN5O2S/c12-7-10-1-3-16(4-2-10)20(18,19)17-6-5-15-9-13-14-11(15)8-17/h9-10H,1-8H2. The van der Waals surface area contributed by atoms with Gasteiger partial charge in [0.1, 0.15) is 12.2 Å². The summed E-state index contributed by atoms with van der Waals surface area (Å²) < 4.78 is 30.2. The molecule has 0 aromatic carbocycles. The average molecular weight is 320 g/mol. The van der Waals surface area contributed by atoms with Crippen molar-refractivity contribution >= 4 is 21.8 Å². The Kier molecular flexibility index (Phi) is 3.98. The van der Waals surface area contributed by atoms with Crippen LogP contribution in [0.2, 0.25) is 0 Å². The quantitative estimate of drug-likeness (QED) is 0.751. The second kappa shape index (κ2) is 5.59. The van der Waals surface area contributed by atoms with Crippen LogP contribution < -0.4 is 0 Å². The van der Waals surface area contributed by atoms with Gasteiger partial charge in [0, 0.05) is 32.1 Å². The SMILES string of the molecule is O=S(=O)(N1CCC(CCl)CC1)N1CCn2cnnc2C1. The summed E-state index contributed by atoms with van der Waals surface area (Å²) in [6.07, 6.45) is 3.32. The molecule has 0 N–H and O–H groups in total. The van der Waals surface area contributed by atoms with Crippen LogP contribution in [0.5, 0.6) is 0 Å². The molecule has 1 saturated heterocycles. The van der Waals surface area contributed by atoms with Gasteiger partial charge in [0.2, 0.25) is 0 Å². The van der Waals surface area contributed by atoms with Gasteiger partial charge in [0.05, 0.1) is 6.54 Å². The molecule has 0 saturated carbocycles. The molecule has 1 fully saturated rings. The van der Waals surface area contributed by atoms with Gasteiger partial charge in [0.15, 0.2) is 0 Å². The third kappa shape index (κ3) is 2.57. The van der Waals surface area contributed by atoms with Crippen molar-refractivity contribution in [1.29, 1.82) is 0 Å². The van der Waals surface area contributed by atoms with Crippen molar-refractivity contribution in [3.05, 3.63) is 12.2 Å². The first kappa shape index (κ1) is 14.2. The zero-order valence-corrected chi connectivity index (χ0v) is 12.7. The Balaban J connectivity index is 1.70. The summed E-state index contributed by atoms with van der Waals surface area (Å²) in [6.45, 7) is 2.51. The van der Waals surface area contributed by atoms with E-state index in [1.165, 1.54) is 4.31 Å². The van der Waals surface area contributed by atoms with E-state index in [0.717, 1.165) is 12.8 Å². The van der Waals surface area contributed by atoms with Crippen molar-refractivity contribution < 1.29 is 8.42 Å². The van der Waals surface area contributed by atoms with E-state index in [0.29, 0.717) is 50.3 Å². The summed E-state index contributed by atoms with van der Waals surface area (Å²) >= 11 is 5.84. The molecule has 9 heteroatoms. The van der Waals surface area contributed by atoms with E-state index in [4.69, 9.17) is 11.6 Å². The molecular formula is C11H18ClN5O2S. The first-order valence-corrected chi connectivity index (χ1v) is 8.72.